The highest BCUT2D eigenvalue weighted by molar-refractivity contribution is 5.91. The zero-order valence-electron chi connectivity index (χ0n) is 12.4. The molecule has 0 saturated carbocycles. The lowest BCUT2D eigenvalue weighted by Crippen LogP contribution is -1.86. The van der Waals surface area contributed by atoms with Gasteiger partial charge in [0, 0.05) is 0 Å². The van der Waals surface area contributed by atoms with E-state index in [0.717, 1.165) is 0 Å². The van der Waals surface area contributed by atoms with Crippen molar-refractivity contribution in [3.63, 3.8) is 0 Å². The van der Waals surface area contributed by atoms with E-state index in [9.17, 15) is 4.79 Å². The van der Waals surface area contributed by atoms with Crippen LogP contribution in [0.5, 0.6) is 0 Å². The number of rotatable bonds is 6. The van der Waals surface area contributed by atoms with E-state index in [1.807, 2.05) is 13.8 Å². The van der Waals surface area contributed by atoms with Crippen LogP contribution in [0.15, 0.2) is 12.2 Å². The Hall–Kier alpha value is -0.590. The molecule has 0 aromatic heterocycles. The molecule has 0 fully saturated rings. The van der Waals surface area contributed by atoms with Crippen LogP contribution in [-0.4, -0.2) is 5.78 Å². The van der Waals surface area contributed by atoms with Crippen molar-refractivity contribution in [2.45, 2.75) is 80.1 Å². The fraction of sp³-hybridized carbons (Fsp3) is 0.800. The Labute approximate surface area is 103 Å². The topological polar surface area (TPSA) is 17.1 Å². The Balaban J connectivity index is -0.000000188. The number of carbonyl (C=O) groups is 1. The van der Waals surface area contributed by atoms with Gasteiger partial charge in [0.1, 0.15) is 0 Å². The number of unbranched alkanes of at least 4 members (excludes halogenated alkanes) is 5. The van der Waals surface area contributed by atoms with Crippen LogP contribution < -0.4 is 0 Å². The molecule has 0 spiro atoms. The van der Waals surface area contributed by atoms with Gasteiger partial charge >= 0.3 is 0 Å². The molecule has 0 heterocycles. The largest absolute Gasteiger partial charge is 0.295 e. The zero-order valence-corrected chi connectivity index (χ0v) is 12.4. The Bertz CT molecular complexity index is 130. The third-order valence-electron chi connectivity index (χ3n) is 2.06. The summed E-state index contributed by atoms with van der Waals surface area (Å²) in [5.41, 5.74) is 0.620. The molecule has 0 rings (SSSR count). The average molecular weight is 228 g/mol. The van der Waals surface area contributed by atoms with Crippen molar-refractivity contribution in [3.05, 3.63) is 12.2 Å². The molecular formula is C15H32O. The van der Waals surface area contributed by atoms with Gasteiger partial charge in [0.15, 0.2) is 5.78 Å². The highest BCUT2D eigenvalue weighted by atomic mass is 16.1. The number of allylic oxidation sites excluding steroid dienone is 1. The molecule has 0 N–H and O–H groups in total. The van der Waals surface area contributed by atoms with Gasteiger partial charge in [-0.05, 0) is 19.4 Å². The molecule has 0 aliphatic heterocycles. The van der Waals surface area contributed by atoms with Crippen LogP contribution in [0.2, 0.25) is 0 Å². The predicted molar refractivity (Wildman–Crippen MR) is 75.9 cm³/mol. The lowest BCUT2D eigenvalue weighted by atomic mass is 10.1. The molecule has 0 aromatic rings. The van der Waals surface area contributed by atoms with Gasteiger partial charge in [0.05, 0.1) is 0 Å². The monoisotopic (exact) mass is 228 g/mol. The fourth-order valence-electron chi connectivity index (χ4n) is 0.854. The van der Waals surface area contributed by atoms with Crippen LogP contribution in [-0.2, 0) is 4.79 Å². The number of carbonyl (C=O) groups excluding carboxylic acids is 1. The highest BCUT2D eigenvalue weighted by Gasteiger charge is 1.86. The summed E-state index contributed by atoms with van der Waals surface area (Å²) in [4.78, 5) is 10.0. The van der Waals surface area contributed by atoms with Gasteiger partial charge in [0.2, 0.25) is 0 Å². The quantitative estimate of drug-likeness (QED) is 0.430. The van der Waals surface area contributed by atoms with Crippen molar-refractivity contribution >= 4 is 5.78 Å². The molecule has 0 amide bonds. The molecule has 0 bridgehead atoms. The molecule has 16 heavy (non-hydrogen) atoms. The van der Waals surface area contributed by atoms with Crippen molar-refractivity contribution in [2.24, 2.45) is 0 Å². The van der Waals surface area contributed by atoms with Crippen LogP contribution in [0.1, 0.15) is 80.1 Å². The van der Waals surface area contributed by atoms with E-state index in [4.69, 9.17) is 0 Å². The average Bonchev–Trinajstić information content (AvgIpc) is 2.28. The summed E-state index contributed by atoms with van der Waals surface area (Å²) in [5.74, 6) is 0.0648. The minimum absolute atomic E-state index is 0.0648. The number of hydrogen-bond donors (Lipinski definition) is 0. The van der Waals surface area contributed by atoms with Crippen LogP contribution in [0.4, 0.5) is 0 Å². The van der Waals surface area contributed by atoms with Gasteiger partial charge in [-0.1, -0.05) is 72.8 Å². The second kappa shape index (κ2) is 19.9. The summed E-state index contributed by atoms with van der Waals surface area (Å²) < 4.78 is 0. The second-order valence-corrected chi connectivity index (χ2v) is 3.75. The van der Waals surface area contributed by atoms with Gasteiger partial charge in [-0.25, -0.2) is 0 Å². The first kappa shape index (κ1) is 20.8. The van der Waals surface area contributed by atoms with Crippen LogP contribution >= 0.6 is 0 Å². The first-order chi connectivity index (χ1) is 7.56. The summed E-state index contributed by atoms with van der Waals surface area (Å²) in [7, 11) is 0. The molecule has 0 atom stereocenters. The minimum atomic E-state index is 0.0648. The van der Waals surface area contributed by atoms with Gasteiger partial charge in [-0.3, -0.25) is 4.79 Å². The van der Waals surface area contributed by atoms with Gasteiger partial charge in [-0.15, -0.1) is 0 Å². The van der Waals surface area contributed by atoms with E-state index in [1.54, 1.807) is 6.92 Å². The van der Waals surface area contributed by atoms with E-state index in [1.165, 1.54) is 45.4 Å². The molecule has 0 saturated heterocycles. The Kier molecular flexibility index (Phi) is 25.8. The lowest BCUT2D eigenvalue weighted by molar-refractivity contribution is -0.113. The summed E-state index contributed by atoms with van der Waals surface area (Å²) in [6, 6.07) is 0. The fourth-order valence-corrected chi connectivity index (χ4v) is 0.854. The summed E-state index contributed by atoms with van der Waals surface area (Å²) in [5, 5.41) is 0. The van der Waals surface area contributed by atoms with Gasteiger partial charge in [0.25, 0.3) is 0 Å². The van der Waals surface area contributed by atoms with Crippen molar-refractivity contribution in [3.8, 4) is 0 Å². The maximum atomic E-state index is 10.0. The first-order valence-corrected chi connectivity index (χ1v) is 6.72. The molecule has 0 aliphatic carbocycles. The van der Waals surface area contributed by atoms with Crippen LogP contribution in [0.3, 0.4) is 0 Å². The van der Waals surface area contributed by atoms with Crippen LogP contribution in [0.25, 0.3) is 0 Å². The molecular weight excluding hydrogens is 196 g/mol. The molecule has 0 aliphatic rings. The first-order valence-electron chi connectivity index (χ1n) is 6.72. The minimum Gasteiger partial charge on any atom is -0.295 e. The van der Waals surface area contributed by atoms with E-state index >= 15 is 0 Å². The summed E-state index contributed by atoms with van der Waals surface area (Å²) in [6.45, 7) is 15.1. The SMILES string of the molecule is C=C(C)C(C)=O.CC.CCCCCCCC. The molecule has 0 unspecified atom stereocenters. The van der Waals surface area contributed by atoms with E-state index in [0.29, 0.717) is 5.57 Å². The normalized spacial score (nSPS) is 8.12. The predicted octanol–water partition coefficient (Wildman–Crippen LogP) is 5.54. The van der Waals surface area contributed by atoms with Gasteiger partial charge in [-0.2, -0.15) is 0 Å². The smallest absolute Gasteiger partial charge is 0.154 e. The number of Topliss-reactive ketones (excluding diaryl/α,β-unsaturated/α-hetero) is 1. The number of hydrogen-bond acceptors (Lipinski definition) is 1. The highest BCUT2D eigenvalue weighted by Crippen LogP contribution is 2.03. The Morgan fingerprint density at radius 3 is 1.25 bits per heavy atom. The number of ketones is 1. The van der Waals surface area contributed by atoms with Gasteiger partial charge < -0.3 is 0 Å². The van der Waals surface area contributed by atoms with E-state index in [2.05, 4.69) is 20.4 Å². The van der Waals surface area contributed by atoms with Crippen molar-refractivity contribution in [1.82, 2.24) is 0 Å². The lowest BCUT2D eigenvalue weighted by Gasteiger charge is -1.93. The maximum Gasteiger partial charge on any atom is 0.154 e. The second-order valence-electron chi connectivity index (χ2n) is 3.75. The zero-order chi connectivity index (χ0) is 13.4. The summed E-state index contributed by atoms with van der Waals surface area (Å²) >= 11 is 0. The maximum absolute atomic E-state index is 10.0. The summed E-state index contributed by atoms with van der Waals surface area (Å²) in [6.07, 6.45) is 8.49. The Morgan fingerprint density at radius 1 is 0.875 bits per heavy atom. The van der Waals surface area contributed by atoms with Crippen molar-refractivity contribution in [1.29, 1.82) is 0 Å². The molecule has 98 valence electrons. The van der Waals surface area contributed by atoms with Crippen LogP contribution in [0, 0.1) is 0 Å². The molecule has 1 heteroatoms. The molecule has 1 nitrogen and oxygen atoms in total. The van der Waals surface area contributed by atoms with E-state index in [-0.39, 0.29) is 5.78 Å². The van der Waals surface area contributed by atoms with Crippen molar-refractivity contribution < 1.29 is 4.79 Å². The third-order valence-corrected chi connectivity index (χ3v) is 2.06. The molecule has 0 aromatic carbocycles. The third kappa shape index (κ3) is 29.2. The standard InChI is InChI=1S/C8H18.C5H8O.C2H6/c1-3-5-7-8-6-4-2;1-4(2)5(3)6;1-2/h3-8H2,1-2H3;1H2,2-3H3;1-2H3. The van der Waals surface area contributed by atoms with Crippen molar-refractivity contribution in [2.75, 3.05) is 0 Å². The Morgan fingerprint density at radius 2 is 1.12 bits per heavy atom. The van der Waals surface area contributed by atoms with E-state index < -0.39 is 0 Å². The molecule has 0 radical (unpaired) electrons.